The molecule has 2 heterocycles. The minimum Gasteiger partial charge on any atom is -0.264 e. The van der Waals surface area contributed by atoms with E-state index in [9.17, 15) is 0 Å². The van der Waals surface area contributed by atoms with Gasteiger partial charge in [0.15, 0.2) is 5.82 Å². The Morgan fingerprint density at radius 2 is 2.33 bits per heavy atom. The first-order valence-electron chi connectivity index (χ1n) is 3.34. The van der Waals surface area contributed by atoms with Crippen molar-refractivity contribution < 1.29 is 4.84 Å². The fraction of sp³-hybridized carbons (Fsp3) is 0.167. The first kappa shape index (κ1) is 6.99. The van der Waals surface area contributed by atoms with Crippen molar-refractivity contribution in [1.82, 2.24) is 19.6 Å². The first-order chi connectivity index (χ1) is 5.90. The highest BCUT2D eigenvalue weighted by Gasteiger charge is 2.05. The smallest absolute Gasteiger partial charge is 0.182 e. The maximum absolute atomic E-state index is 4.68. The molecule has 0 aromatic rings. The van der Waals surface area contributed by atoms with Gasteiger partial charge in [-0.25, -0.2) is 25.2 Å². The molecule has 0 spiro atoms. The molecule has 0 atom stereocenters. The van der Waals surface area contributed by atoms with Crippen LogP contribution in [0.1, 0.15) is 0 Å². The maximum Gasteiger partial charge on any atom is 0.182 e. The zero-order chi connectivity index (χ0) is 8.39. The van der Waals surface area contributed by atoms with E-state index < -0.39 is 0 Å². The number of rotatable bonds is 2. The van der Waals surface area contributed by atoms with Crippen LogP contribution >= 0.6 is 0 Å². The Balaban J connectivity index is 2.40. The van der Waals surface area contributed by atoms with E-state index in [4.69, 9.17) is 0 Å². The van der Waals surface area contributed by atoms with Crippen molar-refractivity contribution in [2.45, 2.75) is 0 Å². The van der Waals surface area contributed by atoms with Crippen molar-refractivity contribution in [2.24, 2.45) is 0 Å². The zero-order valence-electron chi connectivity index (χ0n) is 6.43. The molecule has 1 N–H and O–H groups in total. The average Bonchev–Trinajstić information content (AvgIpc) is 2.51. The lowest BCUT2D eigenvalue weighted by Crippen LogP contribution is -2.14. The third-order valence-corrected chi connectivity index (χ3v) is 1.37. The summed E-state index contributed by atoms with van der Waals surface area (Å²) in [5.41, 5.74) is 3.30. The van der Waals surface area contributed by atoms with Crippen LogP contribution in [0.2, 0.25) is 0 Å². The summed E-state index contributed by atoms with van der Waals surface area (Å²) in [5.74, 6) is 0.629. The molecule has 2 aliphatic rings. The zero-order valence-corrected chi connectivity index (χ0v) is 6.43. The third-order valence-electron chi connectivity index (χ3n) is 1.37. The van der Waals surface area contributed by atoms with E-state index in [1.54, 1.807) is 17.2 Å². The lowest BCUT2D eigenvalue weighted by Gasteiger charge is -2.06. The molecule has 6 heteroatoms. The number of nitrogens with zero attached hydrogens (tertiary/aromatic N) is 4. The number of hydrogen-bond acceptors (Lipinski definition) is 5. The number of aromatic nitrogens is 4. The summed E-state index contributed by atoms with van der Waals surface area (Å²) in [6.07, 6.45) is 4.76. The number of hydrogen-bond donors (Lipinski definition) is 1. The molecule has 0 aromatic carbocycles. The SMILES string of the molecule is CONn1cnc2ncnc-2c1. The lowest BCUT2D eigenvalue weighted by atomic mass is 10.4. The second-order valence-corrected chi connectivity index (χ2v) is 2.16. The van der Waals surface area contributed by atoms with Gasteiger partial charge in [0.1, 0.15) is 18.3 Å². The molecule has 62 valence electrons. The van der Waals surface area contributed by atoms with Gasteiger partial charge in [0, 0.05) is 0 Å². The summed E-state index contributed by atoms with van der Waals surface area (Å²) in [6, 6.07) is 0. The van der Waals surface area contributed by atoms with Crippen molar-refractivity contribution in [2.75, 3.05) is 12.7 Å². The minimum atomic E-state index is 0.629. The van der Waals surface area contributed by atoms with Gasteiger partial charge in [-0.05, 0) is 0 Å². The monoisotopic (exact) mass is 165 g/mol. The van der Waals surface area contributed by atoms with Gasteiger partial charge in [0.2, 0.25) is 0 Å². The minimum absolute atomic E-state index is 0.629. The molecule has 2 rings (SSSR count). The van der Waals surface area contributed by atoms with E-state index in [1.807, 2.05) is 0 Å². The largest absolute Gasteiger partial charge is 0.264 e. The molecule has 0 saturated carbocycles. The molecule has 0 amide bonds. The van der Waals surface area contributed by atoms with Gasteiger partial charge in [-0.2, -0.15) is 0 Å². The van der Waals surface area contributed by atoms with Crippen molar-refractivity contribution >= 4 is 0 Å². The van der Waals surface area contributed by atoms with Gasteiger partial charge in [0.25, 0.3) is 0 Å². The molecule has 12 heavy (non-hydrogen) atoms. The molecular formula is C6H7N5O. The van der Waals surface area contributed by atoms with Crippen LogP contribution in [0, 0.1) is 0 Å². The highest BCUT2D eigenvalue weighted by Crippen LogP contribution is 2.10. The lowest BCUT2D eigenvalue weighted by molar-refractivity contribution is 0.219. The third kappa shape index (κ3) is 1.08. The maximum atomic E-state index is 4.68. The van der Waals surface area contributed by atoms with Crippen LogP contribution in [0.5, 0.6) is 0 Å². The van der Waals surface area contributed by atoms with Gasteiger partial charge in [-0.15, -0.1) is 0 Å². The predicted octanol–water partition coefficient (Wildman–Crippen LogP) is -0.117. The summed E-state index contributed by atoms with van der Waals surface area (Å²) < 4.78 is 1.55. The molecule has 0 aliphatic carbocycles. The summed E-state index contributed by atoms with van der Waals surface area (Å²) >= 11 is 0. The molecule has 0 bridgehead atoms. The Labute approximate surface area is 68.5 Å². The summed E-state index contributed by atoms with van der Waals surface area (Å²) in [5, 5.41) is 0. The predicted molar refractivity (Wildman–Crippen MR) is 40.8 cm³/mol. The van der Waals surface area contributed by atoms with Gasteiger partial charge in [0.05, 0.1) is 13.3 Å². The number of fused-ring (bicyclic) bond motifs is 1. The fourth-order valence-electron chi connectivity index (χ4n) is 0.897. The van der Waals surface area contributed by atoms with Crippen LogP contribution in [0.4, 0.5) is 0 Å². The van der Waals surface area contributed by atoms with Crippen molar-refractivity contribution in [3.05, 3.63) is 18.9 Å². The first-order valence-corrected chi connectivity index (χ1v) is 3.34. The summed E-state index contributed by atoms with van der Waals surface area (Å²) in [6.45, 7) is 0. The quantitative estimate of drug-likeness (QED) is 0.628. The standard InChI is InChI=1S/C6H7N5O/c1-12-10-11-2-5-6(9-4-11)8-3-7-5/h2-4,10H,1H3. The molecule has 0 aromatic heterocycles. The fourth-order valence-corrected chi connectivity index (χ4v) is 0.897. The molecule has 6 nitrogen and oxygen atoms in total. The van der Waals surface area contributed by atoms with E-state index >= 15 is 0 Å². The average molecular weight is 165 g/mol. The van der Waals surface area contributed by atoms with Gasteiger partial charge < -0.3 is 0 Å². The Hall–Kier alpha value is -1.69. The van der Waals surface area contributed by atoms with Crippen LogP contribution in [-0.4, -0.2) is 26.7 Å². The van der Waals surface area contributed by atoms with E-state index in [2.05, 4.69) is 25.4 Å². The highest BCUT2D eigenvalue weighted by molar-refractivity contribution is 5.47. The Bertz CT molecular complexity index is 346. The van der Waals surface area contributed by atoms with E-state index in [0.29, 0.717) is 5.82 Å². The summed E-state index contributed by atoms with van der Waals surface area (Å²) in [7, 11) is 1.52. The van der Waals surface area contributed by atoms with Gasteiger partial charge >= 0.3 is 0 Å². The number of nitrogens with one attached hydrogen (secondary N) is 1. The molecular weight excluding hydrogens is 158 g/mol. The van der Waals surface area contributed by atoms with Crippen LogP contribution in [0.3, 0.4) is 0 Å². The molecule has 0 radical (unpaired) electrons. The van der Waals surface area contributed by atoms with Gasteiger partial charge in [-0.1, -0.05) is 0 Å². The second-order valence-electron chi connectivity index (χ2n) is 2.16. The Kier molecular flexibility index (Phi) is 1.60. The van der Waals surface area contributed by atoms with Crippen molar-refractivity contribution in [3.8, 4) is 11.5 Å². The van der Waals surface area contributed by atoms with Crippen molar-refractivity contribution in [3.63, 3.8) is 0 Å². The van der Waals surface area contributed by atoms with Crippen LogP contribution in [0.15, 0.2) is 18.9 Å². The number of imidazole rings is 1. The molecule has 0 saturated heterocycles. The molecule has 0 fully saturated rings. The highest BCUT2D eigenvalue weighted by atomic mass is 16.7. The van der Waals surface area contributed by atoms with E-state index in [0.717, 1.165) is 5.69 Å². The van der Waals surface area contributed by atoms with E-state index in [-0.39, 0.29) is 0 Å². The Morgan fingerprint density at radius 1 is 1.42 bits per heavy atom. The van der Waals surface area contributed by atoms with Gasteiger partial charge in [-0.3, -0.25) is 4.84 Å². The van der Waals surface area contributed by atoms with Crippen LogP contribution < -0.4 is 5.59 Å². The molecule has 2 aliphatic heterocycles. The second kappa shape index (κ2) is 2.74. The van der Waals surface area contributed by atoms with E-state index in [1.165, 1.54) is 13.4 Å². The van der Waals surface area contributed by atoms with Crippen LogP contribution in [0.25, 0.3) is 11.5 Å². The van der Waals surface area contributed by atoms with Crippen molar-refractivity contribution in [1.29, 1.82) is 0 Å². The Morgan fingerprint density at radius 3 is 3.17 bits per heavy atom. The topological polar surface area (TPSA) is 64.9 Å². The molecule has 0 unspecified atom stereocenters. The normalized spacial score (nSPS) is 10.4. The summed E-state index contributed by atoms with van der Waals surface area (Å²) in [4.78, 5) is 16.6. The van der Waals surface area contributed by atoms with Crippen LogP contribution in [-0.2, 0) is 4.84 Å².